The summed E-state index contributed by atoms with van der Waals surface area (Å²) in [6, 6.07) is 11.1. The average molecular weight is 935 g/mol. The van der Waals surface area contributed by atoms with Crippen molar-refractivity contribution in [3.8, 4) is 56.6 Å². The lowest BCUT2D eigenvalue weighted by Gasteiger charge is -2.11. The molecule has 67 heavy (non-hydrogen) atoms. The fourth-order valence-corrected chi connectivity index (χ4v) is 7.74. The summed E-state index contributed by atoms with van der Waals surface area (Å²) in [4.78, 5) is 13.6. The van der Waals surface area contributed by atoms with Crippen molar-refractivity contribution in [1.29, 1.82) is 10.5 Å². The zero-order valence-electron chi connectivity index (χ0n) is 32.3. The smallest absolute Gasteiger partial charge is 0.200 e. The molecule has 0 unspecified atom stereocenters. The van der Waals surface area contributed by atoms with Gasteiger partial charge in [-0.05, 0) is 60.7 Å². The van der Waals surface area contributed by atoms with Crippen LogP contribution in [0.15, 0.2) is 42.5 Å². The SMILES string of the molecule is N#Cc1cccc(C#N)c1-c1c2nc(c(-c3c(F)c(F)c(F)c(F)c3F)c3ccc([nH]3)c(-c3c(F)c(F)c(F)c(F)c3F)c3nc(c(-c4c(F)c(F)c(F)c(F)c4F)c4ccc1[nH]4)C=C3)C=C2. The topological polar surface area (TPSA) is 105 Å². The van der Waals surface area contributed by atoms with Gasteiger partial charge in [-0.15, -0.1) is 0 Å². The molecule has 0 saturated carbocycles. The number of aromatic nitrogens is 4. The molecule has 332 valence electrons. The summed E-state index contributed by atoms with van der Waals surface area (Å²) < 4.78 is 228. The molecule has 2 N–H and O–H groups in total. The van der Waals surface area contributed by atoms with Crippen LogP contribution in [0.3, 0.4) is 0 Å². The van der Waals surface area contributed by atoms with E-state index < -0.39 is 154 Å². The number of hydrogen-bond acceptors (Lipinski definition) is 4. The van der Waals surface area contributed by atoms with Crippen LogP contribution in [0, 0.1) is 110 Å². The number of nitrogens with one attached hydrogen (secondary N) is 2. The number of nitriles is 2. The Bertz CT molecular complexity index is 3560. The van der Waals surface area contributed by atoms with Crippen LogP contribution in [0.4, 0.5) is 65.9 Å². The van der Waals surface area contributed by atoms with E-state index in [1.54, 1.807) is 0 Å². The zero-order chi connectivity index (χ0) is 48.1. The Kier molecular flexibility index (Phi) is 10.3. The first-order valence-corrected chi connectivity index (χ1v) is 18.6. The van der Waals surface area contributed by atoms with Gasteiger partial charge in [0.05, 0.1) is 62.7 Å². The molecule has 0 amide bonds. The molecule has 7 aromatic rings. The van der Waals surface area contributed by atoms with E-state index in [1.807, 2.05) is 12.1 Å². The highest BCUT2D eigenvalue weighted by atomic mass is 19.2. The first-order valence-electron chi connectivity index (χ1n) is 18.6. The molecule has 0 aliphatic carbocycles. The summed E-state index contributed by atoms with van der Waals surface area (Å²) in [7, 11) is 0. The molecule has 8 bridgehead atoms. The van der Waals surface area contributed by atoms with Gasteiger partial charge < -0.3 is 9.97 Å². The van der Waals surface area contributed by atoms with Gasteiger partial charge in [0.15, 0.2) is 69.8 Å². The summed E-state index contributed by atoms with van der Waals surface area (Å²) in [6.45, 7) is 0. The molecule has 0 radical (unpaired) electrons. The van der Waals surface area contributed by atoms with E-state index in [2.05, 4.69) is 19.9 Å². The van der Waals surface area contributed by atoms with Crippen LogP contribution in [-0.4, -0.2) is 19.9 Å². The van der Waals surface area contributed by atoms with Crippen LogP contribution in [0.2, 0.25) is 0 Å². The van der Waals surface area contributed by atoms with Crippen LogP contribution >= 0.6 is 0 Å². The molecule has 2 aliphatic rings. The quantitative estimate of drug-likeness (QED) is 0.104. The van der Waals surface area contributed by atoms with Crippen molar-refractivity contribution >= 4 is 46.4 Å². The molecule has 2 aliphatic heterocycles. The van der Waals surface area contributed by atoms with Gasteiger partial charge in [-0.25, -0.2) is 75.8 Å². The molecule has 3 aromatic heterocycles. The van der Waals surface area contributed by atoms with Gasteiger partial charge in [0.2, 0.25) is 17.5 Å². The third-order valence-electron chi connectivity index (χ3n) is 10.7. The van der Waals surface area contributed by atoms with Crippen LogP contribution in [0.5, 0.6) is 0 Å². The normalized spacial score (nSPS) is 12.0. The third kappa shape index (κ3) is 6.44. The summed E-state index contributed by atoms with van der Waals surface area (Å²) in [6.07, 6.45) is 3.52. The standard InChI is InChI=1S/C46H13F15N6/c47-32-29(33(48)39(54)44(59)38(32)53)26-18-6-4-16(64-18)25(24-14(12-62)2-1-3-15(24)13-63)17-5-7-19(65-17)27(30-34(49)40(55)45(60)41(56)35(30)50)21-9-11-23(67-21)28(22-10-8-20(26)66-22)31-36(51)42(57)46(61)43(58)37(31)52/h1-11,64,67H. The maximum Gasteiger partial charge on any atom is 0.200 e. The second-order valence-corrected chi connectivity index (χ2v) is 14.3. The van der Waals surface area contributed by atoms with E-state index >= 15 is 43.9 Å². The monoisotopic (exact) mass is 934 g/mol. The lowest BCUT2D eigenvalue weighted by atomic mass is 9.94. The highest BCUT2D eigenvalue weighted by molar-refractivity contribution is 6.01. The van der Waals surface area contributed by atoms with Crippen molar-refractivity contribution in [2.24, 2.45) is 0 Å². The maximum atomic E-state index is 15.9. The highest BCUT2D eigenvalue weighted by Crippen LogP contribution is 2.44. The van der Waals surface area contributed by atoms with Crippen molar-refractivity contribution in [3.63, 3.8) is 0 Å². The van der Waals surface area contributed by atoms with E-state index in [-0.39, 0.29) is 33.5 Å². The number of benzene rings is 4. The van der Waals surface area contributed by atoms with Crippen molar-refractivity contribution in [3.05, 3.63) is 164 Å². The molecule has 0 atom stereocenters. The Morgan fingerprint density at radius 1 is 0.299 bits per heavy atom. The Morgan fingerprint density at radius 3 is 0.761 bits per heavy atom. The van der Waals surface area contributed by atoms with Gasteiger partial charge in [0.1, 0.15) is 0 Å². The third-order valence-corrected chi connectivity index (χ3v) is 10.7. The number of rotatable bonds is 4. The number of aromatic amines is 2. The van der Waals surface area contributed by atoms with Gasteiger partial charge in [0, 0.05) is 49.9 Å². The molecule has 0 fully saturated rings. The number of halogens is 15. The molecule has 5 heterocycles. The van der Waals surface area contributed by atoms with E-state index in [0.717, 1.165) is 48.6 Å². The van der Waals surface area contributed by atoms with Crippen LogP contribution in [0.25, 0.3) is 90.9 Å². The Hall–Kier alpha value is -8.59. The van der Waals surface area contributed by atoms with Crippen molar-refractivity contribution < 1.29 is 65.9 Å². The Labute approximate surface area is 362 Å². The summed E-state index contributed by atoms with van der Waals surface area (Å²) in [5.74, 6) is -37.5. The van der Waals surface area contributed by atoms with E-state index in [0.29, 0.717) is 0 Å². The molecule has 6 nitrogen and oxygen atoms in total. The molecule has 21 heteroatoms. The Balaban J connectivity index is 1.60. The maximum absolute atomic E-state index is 15.9. The zero-order valence-corrected chi connectivity index (χ0v) is 32.3. The van der Waals surface area contributed by atoms with Crippen molar-refractivity contribution in [1.82, 2.24) is 19.9 Å². The van der Waals surface area contributed by atoms with Crippen LogP contribution in [-0.2, 0) is 0 Å². The van der Waals surface area contributed by atoms with E-state index in [1.165, 1.54) is 18.2 Å². The molecule has 4 aromatic carbocycles. The number of hydrogen-bond donors (Lipinski definition) is 2. The highest BCUT2D eigenvalue weighted by Gasteiger charge is 2.34. The van der Waals surface area contributed by atoms with E-state index in [4.69, 9.17) is 0 Å². The van der Waals surface area contributed by atoms with E-state index in [9.17, 15) is 32.5 Å². The Morgan fingerprint density at radius 2 is 0.522 bits per heavy atom. The summed E-state index contributed by atoms with van der Waals surface area (Å²) >= 11 is 0. The van der Waals surface area contributed by atoms with Gasteiger partial charge in [-0.1, -0.05) is 6.07 Å². The first-order chi connectivity index (χ1) is 31.9. The van der Waals surface area contributed by atoms with Gasteiger partial charge in [-0.3, -0.25) is 0 Å². The van der Waals surface area contributed by atoms with Gasteiger partial charge in [0.25, 0.3) is 0 Å². The molecular formula is C46H13F15N6. The second-order valence-electron chi connectivity index (χ2n) is 14.3. The van der Waals surface area contributed by atoms with Gasteiger partial charge >= 0.3 is 0 Å². The summed E-state index contributed by atoms with van der Waals surface area (Å²) in [5, 5.41) is 20.4. The molecule has 0 saturated heterocycles. The largest absolute Gasteiger partial charge is 0.354 e. The molecule has 9 rings (SSSR count). The lowest BCUT2D eigenvalue weighted by Crippen LogP contribution is -2.06. The fourth-order valence-electron chi connectivity index (χ4n) is 7.74. The predicted octanol–water partition coefficient (Wildman–Crippen LogP) is 13.2. The minimum Gasteiger partial charge on any atom is -0.354 e. The minimum atomic E-state index is -2.64. The molecular weight excluding hydrogens is 922 g/mol. The van der Waals surface area contributed by atoms with Crippen LogP contribution in [0.1, 0.15) is 33.9 Å². The number of fused-ring (bicyclic) bond motifs is 8. The lowest BCUT2D eigenvalue weighted by molar-refractivity contribution is 0.381. The average Bonchev–Trinajstić information content (AvgIpc) is 4.19. The second kappa shape index (κ2) is 15.8. The molecule has 0 spiro atoms. The first kappa shape index (κ1) is 43.7. The van der Waals surface area contributed by atoms with Crippen molar-refractivity contribution in [2.45, 2.75) is 0 Å². The minimum absolute atomic E-state index is 0.250. The number of H-pyrrole nitrogens is 2. The predicted molar refractivity (Wildman–Crippen MR) is 209 cm³/mol. The van der Waals surface area contributed by atoms with Crippen LogP contribution < -0.4 is 0 Å². The fraction of sp³-hybridized carbons (Fsp3) is 0. The van der Waals surface area contributed by atoms with Crippen molar-refractivity contribution in [2.75, 3.05) is 0 Å². The summed E-state index contributed by atoms with van der Waals surface area (Å²) in [5.41, 5.74) is -14.5. The van der Waals surface area contributed by atoms with Gasteiger partial charge in [-0.2, -0.15) is 10.5 Å². The number of nitrogens with zero attached hydrogens (tertiary/aromatic N) is 4.